The SMILES string of the molecule is c1ccc(-c2ccc(N(c3ccc(-c4ccc5c(ccc6ccccc65)c4)cc3)c3cnc4c(ccc5c6ccccc6oc54)c3)cc2)cc1. The Balaban J connectivity index is 1.07. The molecular weight excluding hydrogens is 609 g/mol. The highest BCUT2D eigenvalue weighted by Gasteiger charge is 2.17. The number of benzene rings is 8. The van der Waals surface area contributed by atoms with Gasteiger partial charge in [-0.1, -0.05) is 127 Å². The zero-order valence-electron chi connectivity index (χ0n) is 27.1. The summed E-state index contributed by atoms with van der Waals surface area (Å²) in [5.74, 6) is 0. The first-order valence-corrected chi connectivity index (χ1v) is 16.9. The highest BCUT2D eigenvalue weighted by atomic mass is 16.3. The lowest BCUT2D eigenvalue weighted by Gasteiger charge is -2.26. The van der Waals surface area contributed by atoms with Gasteiger partial charge in [-0.25, -0.2) is 0 Å². The number of para-hydroxylation sites is 1. The molecule has 0 aliphatic rings. The van der Waals surface area contributed by atoms with Crippen LogP contribution < -0.4 is 4.90 Å². The van der Waals surface area contributed by atoms with Crippen molar-refractivity contribution in [2.24, 2.45) is 0 Å². The number of anilines is 3. The van der Waals surface area contributed by atoms with Gasteiger partial charge >= 0.3 is 0 Å². The highest BCUT2D eigenvalue weighted by molar-refractivity contribution is 6.14. The molecular formula is C47H30N2O. The van der Waals surface area contributed by atoms with Gasteiger partial charge in [0.2, 0.25) is 0 Å². The van der Waals surface area contributed by atoms with Crippen molar-refractivity contribution in [3.05, 3.63) is 182 Å². The lowest BCUT2D eigenvalue weighted by Crippen LogP contribution is -2.10. The maximum absolute atomic E-state index is 6.32. The minimum absolute atomic E-state index is 0.821. The first-order chi connectivity index (χ1) is 24.8. The molecule has 3 heteroatoms. The van der Waals surface area contributed by atoms with Crippen LogP contribution in [0.25, 0.3) is 76.6 Å². The topological polar surface area (TPSA) is 29.3 Å². The third-order valence-electron chi connectivity index (χ3n) is 9.88. The number of nitrogens with zero attached hydrogens (tertiary/aromatic N) is 2. The van der Waals surface area contributed by atoms with Crippen LogP contribution in [-0.4, -0.2) is 4.98 Å². The Morgan fingerprint density at radius 3 is 1.76 bits per heavy atom. The first kappa shape index (κ1) is 28.3. The van der Waals surface area contributed by atoms with Crippen LogP contribution in [0.5, 0.6) is 0 Å². The van der Waals surface area contributed by atoms with Gasteiger partial charge in [0.25, 0.3) is 0 Å². The normalized spacial score (nSPS) is 11.6. The van der Waals surface area contributed by atoms with E-state index in [9.17, 15) is 0 Å². The van der Waals surface area contributed by atoms with E-state index in [2.05, 4.69) is 163 Å². The van der Waals surface area contributed by atoms with Gasteiger partial charge in [-0.2, -0.15) is 0 Å². The summed E-state index contributed by atoms with van der Waals surface area (Å²) >= 11 is 0. The van der Waals surface area contributed by atoms with Gasteiger partial charge in [-0.15, -0.1) is 0 Å². The van der Waals surface area contributed by atoms with E-state index in [1.54, 1.807) is 0 Å². The second kappa shape index (κ2) is 11.5. The van der Waals surface area contributed by atoms with Crippen molar-refractivity contribution in [2.45, 2.75) is 0 Å². The Morgan fingerprint density at radius 2 is 0.960 bits per heavy atom. The average molecular weight is 639 g/mol. The molecule has 2 aromatic heterocycles. The van der Waals surface area contributed by atoms with Crippen LogP contribution in [0.2, 0.25) is 0 Å². The molecule has 0 atom stereocenters. The fourth-order valence-electron chi connectivity index (χ4n) is 7.37. The molecule has 0 aliphatic heterocycles. The second-order valence-corrected chi connectivity index (χ2v) is 12.8. The number of pyridine rings is 1. The van der Waals surface area contributed by atoms with E-state index in [4.69, 9.17) is 9.40 Å². The van der Waals surface area contributed by atoms with Gasteiger partial charge in [0.1, 0.15) is 11.1 Å². The molecule has 3 nitrogen and oxygen atoms in total. The van der Waals surface area contributed by atoms with Crippen molar-refractivity contribution in [3.63, 3.8) is 0 Å². The van der Waals surface area contributed by atoms with Gasteiger partial charge in [0, 0.05) is 27.5 Å². The monoisotopic (exact) mass is 638 g/mol. The van der Waals surface area contributed by atoms with Crippen LogP contribution in [0.1, 0.15) is 0 Å². The first-order valence-electron chi connectivity index (χ1n) is 16.9. The molecule has 50 heavy (non-hydrogen) atoms. The van der Waals surface area contributed by atoms with Gasteiger partial charge in [-0.3, -0.25) is 4.98 Å². The molecule has 0 N–H and O–H groups in total. The molecule has 0 saturated heterocycles. The van der Waals surface area contributed by atoms with Crippen molar-refractivity contribution in [3.8, 4) is 22.3 Å². The molecule has 0 saturated carbocycles. The number of furan rings is 1. The van der Waals surface area contributed by atoms with Gasteiger partial charge in [0.15, 0.2) is 5.58 Å². The van der Waals surface area contributed by atoms with E-state index >= 15 is 0 Å². The standard InChI is InChI=1S/C47H30N2O/c1-2-8-31(9-3-1)32-16-22-38(23-17-32)49(40-29-37-21-27-44-43-12-6-7-13-45(43)50-47(44)46(37)48-30-40)39-24-18-33(19-25-39)35-20-26-42-36(28-35)15-14-34-10-4-5-11-41(34)42/h1-30H. The van der Waals surface area contributed by atoms with E-state index in [0.717, 1.165) is 49.9 Å². The van der Waals surface area contributed by atoms with Crippen molar-refractivity contribution < 1.29 is 4.42 Å². The largest absolute Gasteiger partial charge is 0.454 e. The molecule has 0 bridgehead atoms. The predicted molar refractivity (Wildman–Crippen MR) is 210 cm³/mol. The highest BCUT2D eigenvalue weighted by Crippen LogP contribution is 2.40. The Hall–Kier alpha value is -6.71. The third kappa shape index (κ3) is 4.71. The average Bonchev–Trinajstić information content (AvgIpc) is 3.58. The maximum atomic E-state index is 6.32. The van der Waals surface area contributed by atoms with Gasteiger partial charge in [-0.05, 0) is 92.3 Å². The lowest BCUT2D eigenvalue weighted by atomic mass is 9.97. The summed E-state index contributed by atoms with van der Waals surface area (Å²) in [4.78, 5) is 7.30. The number of aromatic nitrogens is 1. The van der Waals surface area contributed by atoms with E-state index < -0.39 is 0 Å². The Bertz CT molecular complexity index is 2850. The van der Waals surface area contributed by atoms with Gasteiger partial charge in [0.05, 0.1) is 11.9 Å². The van der Waals surface area contributed by atoms with E-state index in [-0.39, 0.29) is 0 Å². The molecule has 0 amide bonds. The van der Waals surface area contributed by atoms with Crippen molar-refractivity contribution in [1.82, 2.24) is 4.98 Å². The summed E-state index contributed by atoms with van der Waals surface area (Å²) in [7, 11) is 0. The minimum atomic E-state index is 0.821. The van der Waals surface area contributed by atoms with Crippen molar-refractivity contribution >= 4 is 71.4 Å². The molecule has 0 unspecified atom stereocenters. The van der Waals surface area contributed by atoms with Gasteiger partial charge < -0.3 is 9.32 Å². The van der Waals surface area contributed by atoms with Crippen LogP contribution in [0, 0.1) is 0 Å². The predicted octanol–water partition coefficient (Wildman–Crippen LogP) is 13.2. The molecule has 0 radical (unpaired) electrons. The zero-order valence-corrected chi connectivity index (χ0v) is 27.1. The molecule has 2 heterocycles. The molecule has 8 aromatic carbocycles. The maximum Gasteiger partial charge on any atom is 0.161 e. The fraction of sp³-hybridized carbons (Fsp3) is 0. The summed E-state index contributed by atoms with van der Waals surface area (Å²) in [6.07, 6.45) is 1.96. The quantitative estimate of drug-likeness (QED) is 0.176. The molecule has 0 aliphatic carbocycles. The van der Waals surface area contributed by atoms with Crippen LogP contribution in [0.4, 0.5) is 17.1 Å². The second-order valence-electron chi connectivity index (χ2n) is 12.8. The third-order valence-corrected chi connectivity index (χ3v) is 9.88. The molecule has 0 spiro atoms. The van der Waals surface area contributed by atoms with Crippen LogP contribution in [0.15, 0.2) is 187 Å². The zero-order chi connectivity index (χ0) is 33.0. The fourth-order valence-corrected chi connectivity index (χ4v) is 7.37. The van der Waals surface area contributed by atoms with Crippen molar-refractivity contribution in [2.75, 3.05) is 4.90 Å². The summed E-state index contributed by atoms with van der Waals surface area (Å²) in [5, 5.41) is 8.28. The molecule has 10 rings (SSSR count). The summed E-state index contributed by atoms with van der Waals surface area (Å²) in [6.45, 7) is 0. The van der Waals surface area contributed by atoms with Crippen LogP contribution in [-0.2, 0) is 0 Å². The molecule has 10 aromatic rings. The Morgan fingerprint density at radius 1 is 0.380 bits per heavy atom. The number of hydrogen-bond donors (Lipinski definition) is 0. The Labute approximate surface area is 289 Å². The molecule has 234 valence electrons. The van der Waals surface area contributed by atoms with E-state index in [0.29, 0.717) is 0 Å². The number of rotatable bonds is 5. The molecule has 0 fully saturated rings. The number of hydrogen-bond acceptors (Lipinski definition) is 3. The summed E-state index contributed by atoms with van der Waals surface area (Å²) in [5.41, 5.74) is 10.4. The lowest BCUT2D eigenvalue weighted by molar-refractivity contribution is 0.671. The summed E-state index contributed by atoms with van der Waals surface area (Å²) in [6, 6.07) is 62.6. The van der Waals surface area contributed by atoms with Crippen molar-refractivity contribution in [1.29, 1.82) is 0 Å². The van der Waals surface area contributed by atoms with Crippen LogP contribution in [0.3, 0.4) is 0 Å². The minimum Gasteiger partial charge on any atom is -0.454 e. The summed E-state index contributed by atoms with van der Waals surface area (Å²) < 4.78 is 6.32. The number of fused-ring (bicyclic) bond motifs is 8. The Kier molecular flexibility index (Phi) is 6.49. The smallest absolute Gasteiger partial charge is 0.161 e. The van der Waals surface area contributed by atoms with E-state index in [1.165, 1.54) is 43.8 Å². The van der Waals surface area contributed by atoms with Crippen LogP contribution >= 0.6 is 0 Å². The van der Waals surface area contributed by atoms with E-state index in [1.807, 2.05) is 24.4 Å².